The van der Waals surface area contributed by atoms with E-state index in [0.717, 1.165) is 0 Å². The van der Waals surface area contributed by atoms with Crippen molar-refractivity contribution in [3.8, 4) is 11.5 Å². The van der Waals surface area contributed by atoms with Gasteiger partial charge in [-0.15, -0.1) is 0 Å². The number of carbonyl (C=O) groups excluding carboxylic acids is 1. The molecule has 5 heteroatoms. The minimum atomic E-state index is -0.980. The SMILES string of the molecule is CC(C)COc1ccc(C(=O)CCC(=O)O)cc1OCC(C)C. The maximum absolute atomic E-state index is 12.1. The lowest BCUT2D eigenvalue weighted by Crippen LogP contribution is -2.10. The molecule has 128 valence electrons. The van der Waals surface area contributed by atoms with Crippen LogP contribution in [0.25, 0.3) is 0 Å². The van der Waals surface area contributed by atoms with Gasteiger partial charge in [-0.1, -0.05) is 27.7 Å². The number of carboxylic acids is 1. The second-order valence-electron chi connectivity index (χ2n) is 6.39. The molecule has 1 aromatic rings. The molecule has 0 amide bonds. The van der Waals surface area contributed by atoms with Gasteiger partial charge in [-0.2, -0.15) is 0 Å². The maximum Gasteiger partial charge on any atom is 0.303 e. The molecule has 5 nitrogen and oxygen atoms in total. The zero-order valence-electron chi connectivity index (χ0n) is 14.3. The molecule has 0 atom stereocenters. The number of aliphatic carboxylic acids is 1. The average Bonchev–Trinajstić information content (AvgIpc) is 2.48. The van der Waals surface area contributed by atoms with Crippen molar-refractivity contribution < 1.29 is 24.2 Å². The minimum absolute atomic E-state index is 0.0227. The van der Waals surface area contributed by atoms with Crippen LogP contribution < -0.4 is 9.47 Å². The molecule has 0 fully saturated rings. The molecule has 0 aliphatic rings. The molecule has 0 aliphatic carbocycles. The number of benzene rings is 1. The molecule has 0 saturated heterocycles. The summed E-state index contributed by atoms with van der Waals surface area (Å²) in [6, 6.07) is 5.01. The molecular formula is C18H26O5. The second-order valence-corrected chi connectivity index (χ2v) is 6.39. The van der Waals surface area contributed by atoms with Gasteiger partial charge in [-0.25, -0.2) is 0 Å². The van der Waals surface area contributed by atoms with Crippen LogP contribution in [0.2, 0.25) is 0 Å². The molecule has 0 heterocycles. The van der Waals surface area contributed by atoms with Crippen molar-refractivity contribution in [3.63, 3.8) is 0 Å². The third-order valence-electron chi connectivity index (χ3n) is 2.98. The van der Waals surface area contributed by atoms with Gasteiger partial charge in [0, 0.05) is 12.0 Å². The van der Waals surface area contributed by atoms with Crippen molar-refractivity contribution in [3.05, 3.63) is 23.8 Å². The van der Waals surface area contributed by atoms with Gasteiger partial charge in [0.05, 0.1) is 19.6 Å². The van der Waals surface area contributed by atoms with Gasteiger partial charge in [-0.3, -0.25) is 9.59 Å². The van der Waals surface area contributed by atoms with Crippen LogP contribution in [0.5, 0.6) is 11.5 Å². The fraction of sp³-hybridized carbons (Fsp3) is 0.556. The zero-order valence-corrected chi connectivity index (χ0v) is 14.3. The highest BCUT2D eigenvalue weighted by Crippen LogP contribution is 2.30. The summed E-state index contributed by atoms with van der Waals surface area (Å²) < 4.78 is 11.5. The lowest BCUT2D eigenvalue weighted by atomic mass is 10.1. The van der Waals surface area contributed by atoms with Crippen LogP contribution >= 0.6 is 0 Å². The van der Waals surface area contributed by atoms with E-state index < -0.39 is 5.97 Å². The lowest BCUT2D eigenvalue weighted by Gasteiger charge is -2.16. The monoisotopic (exact) mass is 322 g/mol. The summed E-state index contributed by atoms with van der Waals surface area (Å²) in [4.78, 5) is 22.6. The first kappa shape index (κ1) is 19.0. The molecule has 0 spiro atoms. The molecule has 0 unspecified atom stereocenters. The van der Waals surface area contributed by atoms with Crippen molar-refractivity contribution in [1.82, 2.24) is 0 Å². The Labute approximate surface area is 137 Å². The first-order chi connectivity index (χ1) is 10.8. The number of carbonyl (C=O) groups is 2. The van der Waals surface area contributed by atoms with Crippen LogP contribution in [0.4, 0.5) is 0 Å². The Morgan fingerprint density at radius 1 is 0.957 bits per heavy atom. The van der Waals surface area contributed by atoms with E-state index in [1.807, 2.05) is 13.8 Å². The van der Waals surface area contributed by atoms with E-state index in [9.17, 15) is 9.59 Å². The third-order valence-corrected chi connectivity index (χ3v) is 2.98. The first-order valence-corrected chi connectivity index (χ1v) is 7.94. The molecule has 1 aromatic carbocycles. The molecule has 0 saturated carbocycles. The number of ketones is 1. The Balaban J connectivity index is 2.90. The van der Waals surface area contributed by atoms with Gasteiger partial charge in [0.1, 0.15) is 0 Å². The number of rotatable bonds is 10. The zero-order chi connectivity index (χ0) is 17.4. The van der Waals surface area contributed by atoms with Crippen LogP contribution in [-0.2, 0) is 4.79 Å². The topological polar surface area (TPSA) is 72.8 Å². The third kappa shape index (κ3) is 7.17. The van der Waals surface area contributed by atoms with E-state index in [1.54, 1.807) is 18.2 Å². The normalized spacial score (nSPS) is 10.9. The van der Waals surface area contributed by atoms with E-state index in [2.05, 4.69) is 13.8 Å². The van der Waals surface area contributed by atoms with Gasteiger partial charge in [0.25, 0.3) is 0 Å². The molecule has 1 rings (SSSR count). The summed E-state index contributed by atoms with van der Waals surface area (Å²) in [6.45, 7) is 9.26. The van der Waals surface area contributed by atoms with Crippen molar-refractivity contribution >= 4 is 11.8 Å². The lowest BCUT2D eigenvalue weighted by molar-refractivity contribution is -0.136. The maximum atomic E-state index is 12.1. The highest BCUT2D eigenvalue weighted by molar-refractivity contribution is 5.98. The molecule has 0 radical (unpaired) electrons. The Morgan fingerprint density at radius 2 is 1.52 bits per heavy atom. The summed E-state index contributed by atoms with van der Waals surface area (Å²) in [5, 5.41) is 8.68. The summed E-state index contributed by atoms with van der Waals surface area (Å²) in [7, 11) is 0. The molecule has 0 bridgehead atoms. The van der Waals surface area contributed by atoms with E-state index in [-0.39, 0.29) is 18.6 Å². The van der Waals surface area contributed by atoms with Gasteiger partial charge < -0.3 is 14.6 Å². The Morgan fingerprint density at radius 3 is 2.04 bits per heavy atom. The number of carboxylic acid groups (broad SMARTS) is 1. The predicted octanol–water partition coefficient (Wildman–Crippen LogP) is 3.80. The molecule has 0 aliphatic heterocycles. The Kier molecular flexibility index (Phi) is 7.59. The summed E-state index contributed by atoms with van der Waals surface area (Å²) in [6.07, 6.45) is -0.197. The fourth-order valence-electron chi connectivity index (χ4n) is 1.79. The molecule has 23 heavy (non-hydrogen) atoms. The average molecular weight is 322 g/mol. The minimum Gasteiger partial charge on any atom is -0.489 e. The van der Waals surface area contributed by atoms with Gasteiger partial charge in [0.2, 0.25) is 0 Å². The predicted molar refractivity (Wildman–Crippen MR) is 88.3 cm³/mol. The molecular weight excluding hydrogens is 296 g/mol. The number of hydrogen-bond donors (Lipinski definition) is 1. The van der Waals surface area contributed by atoms with Crippen LogP contribution in [0.1, 0.15) is 50.9 Å². The summed E-state index contributed by atoms with van der Waals surface area (Å²) >= 11 is 0. The Bertz CT molecular complexity index is 534. The highest BCUT2D eigenvalue weighted by Gasteiger charge is 2.14. The Hall–Kier alpha value is -2.04. The molecule has 0 aromatic heterocycles. The van der Waals surface area contributed by atoms with Crippen LogP contribution in [0.15, 0.2) is 18.2 Å². The van der Waals surface area contributed by atoms with E-state index in [1.165, 1.54) is 0 Å². The largest absolute Gasteiger partial charge is 0.489 e. The van der Waals surface area contributed by atoms with Gasteiger partial charge >= 0.3 is 5.97 Å². The number of Topliss-reactive ketones (excluding diaryl/α,β-unsaturated/α-hetero) is 1. The van der Waals surface area contributed by atoms with Crippen LogP contribution in [-0.4, -0.2) is 30.1 Å². The summed E-state index contributed by atoms with van der Waals surface area (Å²) in [5.41, 5.74) is 0.446. The summed E-state index contributed by atoms with van der Waals surface area (Å²) in [5.74, 6) is 0.669. The standard InChI is InChI=1S/C18H26O5/c1-12(2)10-22-16-7-5-14(15(19)6-8-18(20)21)9-17(16)23-11-13(3)4/h5,7,9,12-13H,6,8,10-11H2,1-4H3,(H,20,21). The van der Waals surface area contributed by atoms with Crippen molar-refractivity contribution in [2.45, 2.75) is 40.5 Å². The van der Waals surface area contributed by atoms with E-state index in [4.69, 9.17) is 14.6 Å². The van der Waals surface area contributed by atoms with Gasteiger partial charge in [0.15, 0.2) is 17.3 Å². The van der Waals surface area contributed by atoms with Crippen LogP contribution in [0, 0.1) is 11.8 Å². The first-order valence-electron chi connectivity index (χ1n) is 7.94. The van der Waals surface area contributed by atoms with Crippen molar-refractivity contribution in [2.75, 3.05) is 13.2 Å². The van der Waals surface area contributed by atoms with E-state index in [0.29, 0.717) is 42.1 Å². The molecule has 1 N–H and O–H groups in total. The van der Waals surface area contributed by atoms with E-state index >= 15 is 0 Å². The second kappa shape index (κ2) is 9.18. The van der Waals surface area contributed by atoms with Crippen molar-refractivity contribution in [2.24, 2.45) is 11.8 Å². The fourth-order valence-corrected chi connectivity index (χ4v) is 1.79. The number of hydrogen-bond acceptors (Lipinski definition) is 4. The van der Waals surface area contributed by atoms with Crippen LogP contribution in [0.3, 0.4) is 0 Å². The number of ether oxygens (including phenoxy) is 2. The quantitative estimate of drug-likeness (QED) is 0.663. The van der Waals surface area contributed by atoms with Crippen molar-refractivity contribution in [1.29, 1.82) is 0 Å². The van der Waals surface area contributed by atoms with Gasteiger partial charge in [-0.05, 0) is 30.0 Å². The highest BCUT2D eigenvalue weighted by atomic mass is 16.5. The smallest absolute Gasteiger partial charge is 0.303 e.